The monoisotopic (exact) mass is 424 g/mol. The minimum absolute atomic E-state index is 0.256. The molecule has 1 fully saturated rings. The minimum atomic E-state index is -0.674. The molecule has 1 saturated heterocycles. The number of esters is 1. The number of hydrogen-bond acceptors (Lipinski definition) is 6. The van der Waals surface area contributed by atoms with Gasteiger partial charge in [-0.15, -0.1) is 0 Å². The number of piperidine rings is 1. The van der Waals surface area contributed by atoms with Crippen LogP contribution in [-0.4, -0.2) is 56.1 Å². The summed E-state index contributed by atoms with van der Waals surface area (Å²) in [6.45, 7) is 2.63. The number of primary amides is 1. The second-order valence-electron chi connectivity index (χ2n) is 6.49. The fourth-order valence-corrected chi connectivity index (χ4v) is 3.31. The van der Waals surface area contributed by atoms with Gasteiger partial charge < -0.3 is 24.8 Å². The molecule has 0 aliphatic carbocycles. The molecule has 2 amide bonds. The SMILES string of the molecule is CCOc1cc(/C=C/C(=O)OCC(=O)N2CCC[C@@H](C(N)=O)C2)cc(Cl)c1OC. The van der Waals surface area contributed by atoms with Crippen molar-refractivity contribution in [1.82, 2.24) is 4.90 Å². The number of nitrogens with zero attached hydrogens (tertiary/aromatic N) is 1. The number of likely N-dealkylation sites (tertiary alicyclic amines) is 1. The van der Waals surface area contributed by atoms with E-state index in [2.05, 4.69) is 0 Å². The van der Waals surface area contributed by atoms with E-state index < -0.39 is 18.5 Å². The molecule has 0 bridgehead atoms. The molecule has 1 aromatic carbocycles. The Balaban J connectivity index is 1.92. The van der Waals surface area contributed by atoms with Gasteiger partial charge in [0.25, 0.3) is 5.91 Å². The number of halogens is 1. The average molecular weight is 425 g/mol. The third-order valence-corrected chi connectivity index (χ3v) is 4.74. The molecule has 0 unspecified atom stereocenters. The summed E-state index contributed by atoms with van der Waals surface area (Å²) >= 11 is 6.17. The highest BCUT2D eigenvalue weighted by Gasteiger charge is 2.27. The Labute approximate surface area is 174 Å². The van der Waals surface area contributed by atoms with Crippen LogP contribution in [0.4, 0.5) is 0 Å². The summed E-state index contributed by atoms with van der Waals surface area (Å²) in [4.78, 5) is 36.9. The van der Waals surface area contributed by atoms with E-state index in [1.54, 1.807) is 12.1 Å². The number of amides is 2. The van der Waals surface area contributed by atoms with Crippen molar-refractivity contribution in [3.05, 3.63) is 28.8 Å². The number of carbonyl (C=O) groups is 3. The Morgan fingerprint density at radius 1 is 1.34 bits per heavy atom. The Bertz CT molecular complexity index is 795. The third-order valence-electron chi connectivity index (χ3n) is 4.46. The molecule has 1 aliphatic rings. The van der Waals surface area contributed by atoms with Gasteiger partial charge >= 0.3 is 5.97 Å². The Morgan fingerprint density at radius 2 is 2.10 bits per heavy atom. The highest BCUT2D eigenvalue weighted by Crippen LogP contribution is 2.36. The van der Waals surface area contributed by atoms with Gasteiger partial charge in [-0.2, -0.15) is 0 Å². The van der Waals surface area contributed by atoms with Crippen LogP contribution in [0.3, 0.4) is 0 Å². The summed E-state index contributed by atoms with van der Waals surface area (Å²) in [6, 6.07) is 3.30. The maximum absolute atomic E-state index is 12.2. The topological polar surface area (TPSA) is 108 Å². The van der Waals surface area contributed by atoms with Crippen LogP contribution in [0, 0.1) is 5.92 Å². The lowest BCUT2D eigenvalue weighted by molar-refractivity contribution is -0.149. The van der Waals surface area contributed by atoms with Crippen molar-refractivity contribution in [2.45, 2.75) is 19.8 Å². The first-order chi connectivity index (χ1) is 13.8. The van der Waals surface area contributed by atoms with Crippen molar-refractivity contribution in [3.8, 4) is 11.5 Å². The lowest BCUT2D eigenvalue weighted by Gasteiger charge is -2.30. The highest BCUT2D eigenvalue weighted by molar-refractivity contribution is 6.32. The molecule has 2 N–H and O–H groups in total. The molecule has 9 heteroatoms. The van der Waals surface area contributed by atoms with Crippen LogP contribution >= 0.6 is 11.6 Å². The summed E-state index contributed by atoms with van der Waals surface area (Å²) in [7, 11) is 1.49. The number of carbonyl (C=O) groups excluding carboxylic acids is 3. The number of rotatable bonds is 8. The maximum Gasteiger partial charge on any atom is 0.331 e. The summed E-state index contributed by atoms with van der Waals surface area (Å²) in [5.41, 5.74) is 5.92. The second kappa shape index (κ2) is 10.7. The molecule has 0 saturated carbocycles. The summed E-state index contributed by atoms with van der Waals surface area (Å²) in [5, 5.41) is 0.343. The molecular formula is C20H25ClN2O6. The molecule has 0 aromatic heterocycles. The second-order valence-corrected chi connectivity index (χ2v) is 6.90. The van der Waals surface area contributed by atoms with E-state index in [0.717, 1.165) is 0 Å². The number of methoxy groups -OCH3 is 1. The number of nitrogens with two attached hydrogens (primary N) is 1. The van der Waals surface area contributed by atoms with Gasteiger partial charge in [-0.05, 0) is 43.5 Å². The zero-order valence-electron chi connectivity index (χ0n) is 16.5. The van der Waals surface area contributed by atoms with Gasteiger partial charge in [-0.3, -0.25) is 9.59 Å². The van der Waals surface area contributed by atoms with E-state index in [1.807, 2.05) is 6.92 Å². The van der Waals surface area contributed by atoms with E-state index in [-0.39, 0.29) is 18.4 Å². The van der Waals surface area contributed by atoms with Crippen LogP contribution in [0.25, 0.3) is 6.08 Å². The predicted octanol–water partition coefficient (Wildman–Crippen LogP) is 2.03. The van der Waals surface area contributed by atoms with Crippen LogP contribution in [0.5, 0.6) is 11.5 Å². The van der Waals surface area contributed by atoms with Crippen LogP contribution in [-0.2, 0) is 19.1 Å². The first-order valence-electron chi connectivity index (χ1n) is 9.28. The first-order valence-corrected chi connectivity index (χ1v) is 9.65. The van der Waals surface area contributed by atoms with Gasteiger partial charge in [0.2, 0.25) is 5.91 Å². The van der Waals surface area contributed by atoms with Gasteiger partial charge in [-0.25, -0.2) is 4.79 Å². The van der Waals surface area contributed by atoms with Crippen molar-refractivity contribution in [3.63, 3.8) is 0 Å². The number of hydrogen-bond donors (Lipinski definition) is 1. The van der Waals surface area contributed by atoms with Gasteiger partial charge in [0, 0.05) is 19.2 Å². The van der Waals surface area contributed by atoms with Gasteiger partial charge in [0.15, 0.2) is 18.1 Å². The van der Waals surface area contributed by atoms with Crippen molar-refractivity contribution in [2.24, 2.45) is 11.7 Å². The van der Waals surface area contributed by atoms with E-state index in [1.165, 1.54) is 24.2 Å². The molecule has 0 radical (unpaired) electrons. The average Bonchev–Trinajstić information content (AvgIpc) is 2.70. The third kappa shape index (κ3) is 6.39. The molecule has 158 valence electrons. The summed E-state index contributed by atoms with van der Waals surface area (Å²) in [5.74, 6) is -0.945. The zero-order valence-corrected chi connectivity index (χ0v) is 17.2. The van der Waals surface area contributed by atoms with Crippen LogP contribution in [0.2, 0.25) is 5.02 Å². The summed E-state index contributed by atoms with van der Waals surface area (Å²) < 4.78 is 15.7. The number of ether oxygens (including phenoxy) is 3. The largest absolute Gasteiger partial charge is 0.491 e. The molecule has 2 rings (SSSR count). The molecular weight excluding hydrogens is 400 g/mol. The fraction of sp³-hybridized carbons (Fsp3) is 0.450. The number of benzene rings is 1. The van der Waals surface area contributed by atoms with Crippen molar-refractivity contribution >= 4 is 35.5 Å². The Hall–Kier alpha value is -2.74. The molecule has 8 nitrogen and oxygen atoms in total. The smallest absolute Gasteiger partial charge is 0.331 e. The van der Waals surface area contributed by atoms with Gasteiger partial charge in [0.1, 0.15) is 0 Å². The van der Waals surface area contributed by atoms with Gasteiger partial charge in [-0.1, -0.05) is 11.6 Å². The fourth-order valence-electron chi connectivity index (χ4n) is 3.02. The van der Waals surface area contributed by atoms with Crippen molar-refractivity contribution < 1.29 is 28.6 Å². The maximum atomic E-state index is 12.2. The standard InChI is InChI=1S/C20H25ClN2O6/c1-3-28-16-10-13(9-15(21)19(16)27-2)6-7-18(25)29-12-17(24)23-8-4-5-14(11-23)20(22)26/h6-7,9-10,14H,3-5,8,11-12H2,1-2H3,(H2,22,26)/b7-6+/t14-/m1/s1. The normalized spacial score (nSPS) is 16.5. The summed E-state index contributed by atoms with van der Waals surface area (Å²) in [6.07, 6.45) is 4.05. The lowest BCUT2D eigenvalue weighted by atomic mass is 9.97. The van der Waals surface area contributed by atoms with E-state index >= 15 is 0 Å². The minimum Gasteiger partial charge on any atom is -0.491 e. The van der Waals surface area contributed by atoms with Gasteiger partial charge in [0.05, 0.1) is 24.7 Å². The van der Waals surface area contributed by atoms with Crippen LogP contribution in [0.1, 0.15) is 25.3 Å². The van der Waals surface area contributed by atoms with Crippen LogP contribution in [0.15, 0.2) is 18.2 Å². The highest BCUT2D eigenvalue weighted by atomic mass is 35.5. The van der Waals surface area contributed by atoms with E-state index in [4.69, 9.17) is 31.5 Å². The molecule has 29 heavy (non-hydrogen) atoms. The van der Waals surface area contributed by atoms with E-state index in [9.17, 15) is 14.4 Å². The molecule has 1 aliphatic heterocycles. The van der Waals surface area contributed by atoms with E-state index in [0.29, 0.717) is 48.1 Å². The van der Waals surface area contributed by atoms with Crippen molar-refractivity contribution in [2.75, 3.05) is 33.4 Å². The molecule has 1 atom stereocenters. The Kier molecular flexibility index (Phi) is 8.33. The lowest BCUT2D eigenvalue weighted by Crippen LogP contribution is -2.45. The molecule has 1 heterocycles. The first kappa shape index (κ1) is 22.5. The van der Waals surface area contributed by atoms with Crippen molar-refractivity contribution in [1.29, 1.82) is 0 Å². The van der Waals surface area contributed by atoms with Crippen LogP contribution < -0.4 is 15.2 Å². The quantitative estimate of drug-likeness (QED) is 0.505. The predicted molar refractivity (Wildman–Crippen MR) is 108 cm³/mol. The zero-order chi connectivity index (χ0) is 21.4. The molecule has 1 aromatic rings. The molecule has 0 spiro atoms. The Morgan fingerprint density at radius 3 is 2.76 bits per heavy atom.